The van der Waals surface area contributed by atoms with Gasteiger partial charge in [-0.2, -0.15) is 0 Å². The van der Waals surface area contributed by atoms with E-state index >= 15 is 0 Å². The molecular weight excluding hydrogens is 416 g/mol. The van der Waals surface area contributed by atoms with Crippen molar-refractivity contribution >= 4 is 29.1 Å². The Morgan fingerprint density at radius 3 is 2.16 bits per heavy atom. The summed E-state index contributed by atoms with van der Waals surface area (Å²) in [6.45, 7) is 0.597. The van der Waals surface area contributed by atoms with Crippen molar-refractivity contribution in [3.8, 4) is 0 Å². The highest BCUT2D eigenvalue weighted by Crippen LogP contribution is 2.35. The summed E-state index contributed by atoms with van der Waals surface area (Å²) in [5, 5.41) is 11.8. The van der Waals surface area contributed by atoms with Crippen LogP contribution in [0.3, 0.4) is 0 Å². The number of rotatable bonds is 4. The largest absolute Gasteiger partial charge is 0.452 e. The predicted octanol–water partition coefficient (Wildman–Crippen LogP) is 2.93. The molecule has 1 saturated heterocycles. The quantitative estimate of drug-likeness (QED) is 0.350. The van der Waals surface area contributed by atoms with Crippen LogP contribution in [0.2, 0.25) is 0 Å². The van der Waals surface area contributed by atoms with E-state index in [9.17, 15) is 29.3 Å². The highest BCUT2D eigenvalue weighted by molar-refractivity contribution is 6.30. The molecule has 32 heavy (non-hydrogen) atoms. The number of nitrogens with zero attached hydrogens (tertiary/aromatic N) is 2. The van der Waals surface area contributed by atoms with Crippen LogP contribution >= 0.6 is 0 Å². The fraction of sp³-hybridized carbons (Fsp3) is 0.304. The number of likely N-dealkylation sites (tertiary alicyclic amines) is 1. The summed E-state index contributed by atoms with van der Waals surface area (Å²) in [5.74, 6) is -2.71. The van der Waals surface area contributed by atoms with E-state index in [1.165, 1.54) is 18.2 Å². The summed E-state index contributed by atoms with van der Waals surface area (Å²) in [6, 6.07) is 8.33. The Kier molecular flexibility index (Phi) is 5.81. The second kappa shape index (κ2) is 8.70. The Hall–Kier alpha value is -3.88. The van der Waals surface area contributed by atoms with Gasteiger partial charge in [0.15, 0.2) is 12.4 Å². The van der Waals surface area contributed by atoms with Gasteiger partial charge in [-0.25, -0.2) is 4.79 Å². The Morgan fingerprint density at radius 1 is 0.906 bits per heavy atom. The SMILES string of the molecule is O=C1c2ccccc2C(=O)c2c1ccc(C(=O)OCC(=O)N1CCCCCC1)c2[N+](=O)[O-]. The van der Waals surface area contributed by atoms with Gasteiger partial charge < -0.3 is 9.64 Å². The van der Waals surface area contributed by atoms with E-state index in [-0.39, 0.29) is 22.6 Å². The summed E-state index contributed by atoms with van der Waals surface area (Å²) in [6.07, 6.45) is 3.79. The van der Waals surface area contributed by atoms with Gasteiger partial charge in [0.25, 0.3) is 11.6 Å². The van der Waals surface area contributed by atoms with Crippen molar-refractivity contribution in [1.82, 2.24) is 4.90 Å². The minimum absolute atomic E-state index is 0.0370. The van der Waals surface area contributed by atoms with Crippen molar-refractivity contribution in [3.63, 3.8) is 0 Å². The minimum atomic E-state index is -1.10. The zero-order valence-corrected chi connectivity index (χ0v) is 17.2. The van der Waals surface area contributed by atoms with Crippen LogP contribution in [0, 0.1) is 10.1 Å². The third-order valence-electron chi connectivity index (χ3n) is 5.75. The number of benzene rings is 2. The van der Waals surface area contributed by atoms with E-state index in [1.807, 2.05) is 0 Å². The normalized spacial score (nSPS) is 15.4. The van der Waals surface area contributed by atoms with Crippen LogP contribution in [0.25, 0.3) is 0 Å². The fourth-order valence-corrected chi connectivity index (χ4v) is 4.14. The van der Waals surface area contributed by atoms with Crippen molar-refractivity contribution in [3.05, 3.63) is 74.3 Å². The second-order valence-electron chi connectivity index (χ2n) is 7.72. The average molecular weight is 436 g/mol. The number of ketones is 2. The van der Waals surface area contributed by atoms with E-state index < -0.39 is 45.9 Å². The van der Waals surface area contributed by atoms with Crippen LogP contribution in [-0.2, 0) is 9.53 Å². The lowest BCUT2D eigenvalue weighted by molar-refractivity contribution is -0.385. The molecule has 1 aliphatic heterocycles. The van der Waals surface area contributed by atoms with Crippen molar-refractivity contribution in [2.45, 2.75) is 25.7 Å². The molecule has 0 saturated carbocycles. The molecule has 1 heterocycles. The number of ether oxygens (including phenoxy) is 1. The molecule has 0 N–H and O–H groups in total. The first-order chi connectivity index (χ1) is 15.4. The topological polar surface area (TPSA) is 124 Å². The lowest BCUT2D eigenvalue weighted by Crippen LogP contribution is -2.35. The number of esters is 1. The summed E-state index contributed by atoms with van der Waals surface area (Å²) >= 11 is 0. The van der Waals surface area contributed by atoms with Gasteiger partial charge in [0, 0.05) is 29.8 Å². The van der Waals surface area contributed by atoms with Crippen LogP contribution in [0.4, 0.5) is 5.69 Å². The maximum absolute atomic E-state index is 13.0. The monoisotopic (exact) mass is 436 g/mol. The van der Waals surface area contributed by atoms with Crippen LogP contribution in [0.5, 0.6) is 0 Å². The summed E-state index contributed by atoms with van der Waals surface area (Å²) in [4.78, 5) is 63.4. The molecule has 2 aromatic rings. The van der Waals surface area contributed by atoms with E-state index in [1.54, 1.807) is 17.0 Å². The van der Waals surface area contributed by atoms with Crippen molar-refractivity contribution in [2.75, 3.05) is 19.7 Å². The van der Waals surface area contributed by atoms with Gasteiger partial charge in [-0.15, -0.1) is 0 Å². The summed E-state index contributed by atoms with van der Waals surface area (Å²) in [5.41, 5.74) is -1.65. The van der Waals surface area contributed by atoms with E-state index in [2.05, 4.69) is 0 Å². The average Bonchev–Trinajstić information content (AvgIpc) is 3.09. The predicted molar refractivity (Wildman–Crippen MR) is 112 cm³/mol. The zero-order valence-electron chi connectivity index (χ0n) is 17.2. The Balaban J connectivity index is 1.63. The Labute approximate surface area is 183 Å². The first kappa shape index (κ1) is 21.4. The highest BCUT2D eigenvalue weighted by atomic mass is 16.6. The molecule has 2 aliphatic rings. The van der Waals surface area contributed by atoms with Crippen LogP contribution in [0.15, 0.2) is 36.4 Å². The van der Waals surface area contributed by atoms with Crippen molar-refractivity contribution < 1.29 is 28.8 Å². The van der Waals surface area contributed by atoms with E-state index in [0.717, 1.165) is 31.7 Å². The maximum Gasteiger partial charge on any atom is 0.345 e. The van der Waals surface area contributed by atoms with E-state index in [4.69, 9.17) is 4.74 Å². The first-order valence-corrected chi connectivity index (χ1v) is 10.3. The number of nitro benzene ring substituents is 1. The molecule has 0 aromatic heterocycles. The second-order valence-corrected chi connectivity index (χ2v) is 7.72. The van der Waals surface area contributed by atoms with Gasteiger partial charge >= 0.3 is 5.97 Å². The molecule has 4 rings (SSSR count). The van der Waals surface area contributed by atoms with Gasteiger partial charge in [0.2, 0.25) is 5.78 Å². The molecule has 1 aliphatic carbocycles. The number of carbonyl (C=O) groups is 4. The number of hydrogen-bond donors (Lipinski definition) is 0. The van der Waals surface area contributed by atoms with Gasteiger partial charge in [0.1, 0.15) is 11.1 Å². The molecule has 0 atom stereocenters. The molecule has 0 bridgehead atoms. The molecule has 0 unspecified atom stereocenters. The van der Waals surface area contributed by atoms with Crippen LogP contribution in [-0.4, -0.2) is 53.0 Å². The third-order valence-corrected chi connectivity index (χ3v) is 5.75. The smallest absolute Gasteiger partial charge is 0.345 e. The number of hydrogen-bond acceptors (Lipinski definition) is 7. The van der Waals surface area contributed by atoms with Crippen LogP contribution in [0.1, 0.15) is 67.9 Å². The number of nitro groups is 1. The minimum Gasteiger partial charge on any atom is -0.452 e. The summed E-state index contributed by atoms with van der Waals surface area (Å²) in [7, 11) is 0. The van der Waals surface area contributed by atoms with Crippen molar-refractivity contribution in [2.24, 2.45) is 0 Å². The molecule has 2 aromatic carbocycles. The number of carbonyl (C=O) groups excluding carboxylic acids is 4. The lowest BCUT2D eigenvalue weighted by Gasteiger charge is -2.20. The third kappa shape index (κ3) is 3.77. The molecule has 1 amide bonds. The van der Waals surface area contributed by atoms with E-state index in [0.29, 0.717) is 13.1 Å². The molecule has 164 valence electrons. The summed E-state index contributed by atoms with van der Waals surface area (Å²) < 4.78 is 5.07. The highest BCUT2D eigenvalue weighted by Gasteiger charge is 2.39. The molecule has 1 fully saturated rings. The lowest BCUT2D eigenvalue weighted by atomic mass is 9.82. The first-order valence-electron chi connectivity index (χ1n) is 10.3. The molecule has 0 radical (unpaired) electrons. The fourth-order valence-electron chi connectivity index (χ4n) is 4.14. The molecule has 0 spiro atoms. The van der Waals surface area contributed by atoms with Gasteiger partial charge in [0.05, 0.1) is 4.92 Å². The van der Waals surface area contributed by atoms with Crippen molar-refractivity contribution in [1.29, 1.82) is 0 Å². The zero-order chi connectivity index (χ0) is 22.8. The molecule has 9 heteroatoms. The Morgan fingerprint density at radius 2 is 1.53 bits per heavy atom. The number of fused-ring (bicyclic) bond motifs is 2. The molecule has 9 nitrogen and oxygen atoms in total. The number of amides is 1. The van der Waals surface area contributed by atoms with Crippen LogP contribution < -0.4 is 0 Å². The molecular formula is C23H20N2O7. The Bertz CT molecular complexity index is 1150. The van der Waals surface area contributed by atoms with Gasteiger partial charge in [-0.3, -0.25) is 24.5 Å². The standard InChI is InChI=1S/C23H20N2O7/c26-18(24-11-5-1-2-6-12-24)13-32-23(29)17-10-9-16-19(20(17)25(30)31)22(28)15-8-4-3-7-14(15)21(16)27/h3-4,7-10H,1-2,5-6,11-13H2. The van der Waals surface area contributed by atoms with Gasteiger partial charge in [-0.1, -0.05) is 37.1 Å². The van der Waals surface area contributed by atoms with Gasteiger partial charge in [-0.05, 0) is 25.0 Å². The maximum atomic E-state index is 13.0.